The lowest BCUT2D eigenvalue weighted by molar-refractivity contribution is 0.415. The van der Waals surface area contributed by atoms with E-state index in [1.807, 2.05) is 0 Å². The molecule has 1 N–H and O–H groups in total. The summed E-state index contributed by atoms with van der Waals surface area (Å²) in [6.07, 6.45) is 1.50. The Kier molecular flexibility index (Phi) is 4.29. The molecule has 1 aromatic carbocycles. The molecule has 9 heteroatoms. The summed E-state index contributed by atoms with van der Waals surface area (Å²) in [5.41, 5.74) is 0.352. The van der Waals surface area contributed by atoms with Gasteiger partial charge >= 0.3 is 0 Å². The Hall–Kier alpha value is -2.03. The third-order valence-electron chi connectivity index (χ3n) is 2.93. The van der Waals surface area contributed by atoms with Crippen molar-refractivity contribution in [3.8, 4) is 16.4 Å². The first-order valence-corrected chi connectivity index (χ1v) is 9.04. The molecule has 0 bridgehead atoms. The summed E-state index contributed by atoms with van der Waals surface area (Å²) < 4.78 is 37.6. The second-order valence-electron chi connectivity index (χ2n) is 4.45. The first kappa shape index (κ1) is 15.9. The lowest BCUT2D eigenvalue weighted by Gasteiger charge is -2.08. The SMILES string of the molecule is COc1ccc(NS(=O)(=O)c2ccc(-c3ccno3)s2)cc1Cl. The van der Waals surface area contributed by atoms with Gasteiger partial charge in [-0.1, -0.05) is 16.8 Å². The van der Waals surface area contributed by atoms with E-state index in [1.54, 1.807) is 24.3 Å². The predicted octanol–water partition coefficient (Wildman–Crippen LogP) is 3.87. The first-order chi connectivity index (χ1) is 11.0. The van der Waals surface area contributed by atoms with Gasteiger partial charge in [-0.15, -0.1) is 11.3 Å². The summed E-state index contributed by atoms with van der Waals surface area (Å²) in [6, 6.07) is 9.50. The summed E-state index contributed by atoms with van der Waals surface area (Å²) in [5, 5.41) is 3.92. The topological polar surface area (TPSA) is 81.4 Å². The number of aromatic nitrogens is 1. The maximum atomic E-state index is 12.4. The van der Waals surface area contributed by atoms with Crippen LogP contribution in [0.5, 0.6) is 5.75 Å². The monoisotopic (exact) mass is 370 g/mol. The van der Waals surface area contributed by atoms with Gasteiger partial charge in [-0.2, -0.15) is 0 Å². The highest BCUT2D eigenvalue weighted by molar-refractivity contribution is 7.94. The molecule has 3 aromatic rings. The molecule has 0 fully saturated rings. The van der Waals surface area contributed by atoms with Crippen molar-refractivity contribution in [2.75, 3.05) is 11.8 Å². The van der Waals surface area contributed by atoms with E-state index in [4.69, 9.17) is 20.9 Å². The van der Waals surface area contributed by atoms with Crippen molar-refractivity contribution in [3.05, 3.63) is 47.6 Å². The average molecular weight is 371 g/mol. The highest BCUT2D eigenvalue weighted by Gasteiger charge is 2.19. The Balaban J connectivity index is 1.86. The molecule has 0 aliphatic heterocycles. The number of rotatable bonds is 5. The number of methoxy groups -OCH3 is 1. The molecule has 6 nitrogen and oxygen atoms in total. The first-order valence-electron chi connectivity index (χ1n) is 6.37. The van der Waals surface area contributed by atoms with E-state index in [9.17, 15) is 8.42 Å². The zero-order chi connectivity index (χ0) is 16.4. The third kappa shape index (κ3) is 3.34. The maximum absolute atomic E-state index is 12.4. The number of benzene rings is 1. The van der Waals surface area contributed by atoms with Crippen molar-refractivity contribution >= 4 is 38.6 Å². The number of anilines is 1. The van der Waals surface area contributed by atoms with Crippen molar-refractivity contribution in [2.45, 2.75) is 4.21 Å². The van der Waals surface area contributed by atoms with Crippen LogP contribution < -0.4 is 9.46 Å². The standard InChI is InChI=1S/C14H11ClN2O4S2/c1-20-11-3-2-9(8-10(11)15)17-23(18,19)14-5-4-13(22-14)12-6-7-16-21-12/h2-8,17H,1H3. The van der Waals surface area contributed by atoms with E-state index >= 15 is 0 Å². The van der Waals surface area contributed by atoms with Gasteiger partial charge in [0.25, 0.3) is 10.0 Å². The molecule has 0 spiro atoms. The van der Waals surface area contributed by atoms with Gasteiger partial charge < -0.3 is 9.26 Å². The molecule has 0 radical (unpaired) electrons. The predicted molar refractivity (Wildman–Crippen MR) is 88.6 cm³/mol. The normalized spacial score (nSPS) is 11.4. The van der Waals surface area contributed by atoms with Crippen molar-refractivity contribution < 1.29 is 17.7 Å². The molecule has 0 saturated carbocycles. The Morgan fingerprint density at radius 3 is 2.74 bits per heavy atom. The molecule has 0 saturated heterocycles. The Bertz CT molecular complexity index is 920. The quantitative estimate of drug-likeness (QED) is 0.737. The maximum Gasteiger partial charge on any atom is 0.271 e. The highest BCUT2D eigenvalue weighted by atomic mass is 35.5. The zero-order valence-electron chi connectivity index (χ0n) is 11.8. The molecule has 0 aliphatic carbocycles. The summed E-state index contributed by atoms with van der Waals surface area (Å²) in [5.74, 6) is 0.988. The number of nitrogens with one attached hydrogen (secondary N) is 1. The van der Waals surface area contributed by atoms with Crippen LogP contribution in [-0.2, 0) is 10.0 Å². The zero-order valence-corrected chi connectivity index (χ0v) is 14.2. The van der Waals surface area contributed by atoms with Gasteiger partial charge in [-0.05, 0) is 30.3 Å². The van der Waals surface area contributed by atoms with E-state index in [-0.39, 0.29) is 4.21 Å². The molecular formula is C14H11ClN2O4S2. The van der Waals surface area contributed by atoms with Crippen LogP contribution in [0.3, 0.4) is 0 Å². The number of sulfonamides is 1. The number of halogens is 1. The molecule has 0 unspecified atom stereocenters. The van der Waals surface area contributed by atoms with Gasteiger partial charge in [0.05, 0.1) is 28.9 Å². The lowest BCUT2D eigenvalue weighted by Crippen LogP contribution is -2.11. The molecule has 3 rings (SSSR count). The molecule has 0 amide bonds. The van der Waals surface area contributed by atoms with Gasteiger partial charge in [0, 0.05) is 6.07 Å². The lowest BCUT2D eigenvalue weighted by atomic mass is 10.3. The average Bonchev–Trinajstić information content (AvgIpc) is 3.18. The van der Waals surface area contributed by atoms with E-state index in [0.29, 0.717) is 27.1 Å². The number of thiophene rings is 1. The van der Waals surface area contributed by atoms with Crippen molar-refractivity contribution in [2.24, 2.45) is 0 Å². The van der Waals surface area contributed by atoms with Gasteiger partial charge in [-0.25, -0.2) is 8.42 Å². The van der Waals surface area contributed by atoms with Crippen LogP contribution in [0, 0.1) is 0 Å². The number of nitrogens with zero attached hydrogens (tertiary/aromatic N) is 1. The van der Waals surface area contributed by atoms with Crippen LogP contribution in [0.4, 0.5) is 5.69 Å². The number of hydrogen-bond acceptors (Lipinski definition) is 6. The van der Waals surface area contributed by atoms with Crippen molar-refractivity contribution in [1.29, 1.82) is 0 Å². The Morgan fingerprint density at radius 1 is 1.26 bits per heavy atom. The molecule has 0 atom stereocenters. The van der Waals surface area contributed by atoms with Crippen molar-refractivity contribution in [3.63, 3.8) is 0 Å². The molecule has 120 valence electrons. The van der Waals surface area contributed by atoms with Gasteiger partial charge in [0.15, 0.2) is 5.76 Å². The minimum Gasteiger partial charge on any atom is -0.495 e. The van der Waals surface area contributed by atoms with E-state index in [1.165, 1.54) is 25.4 Å². The van der Waals surface area contributed by atoms with Crippen LogP contribution >= 0.6 is 22.9 Å². The third-order valence-corrected chi connectivity index (χ3v) is 6.20. The van der Waals surface area contributed by atoms with Crippen LogP contribution in [-0.4, -0.2) is 20.7 Å². The van der Waals surface area contributed by atoms with Crippen LogP contribution in [0.1, 0.15) is 0 Å². The van der Waals surface area contributed by atoms with E-state index < -0.39 is 10.0 Å². The van der Waals surface area contributed by atoms with E-state index in [0.717, 1.165) is 11.3 Å². The minimum absolute atomic E-state index is 0.163. The fourth-order valence-electron chi connectivity index (χ4n) is 1.88. The summed E-state index contributed by atoms with van der Waals surface area (Å²) in [4.78, 5) is 0.677. The fraction of sp³-hybridized carbons (Fsp3) is 0.0714. The molecule has 2 aromatic heterocycles. The van der Waals surface area contributed by atoms with Gasteiger partial charge in [0.1, 0.15) is 9.96 Å². The summed E-state index contributed by atoms with van der Waals surface area (Å²) in [6.45, 7) is 0. The molecule has 23 heavy (non-hydrogen) atoms. The van der Waals surface area contributed by atoms with Gasteiger partial charge in [0.2, 0.25) is 0 Å². The molecular weight excluding hydrogens is 360 g/mol. The number of ether oxygens (including phenoxy) is 1. The van der Waals surface area contributed by atoms with E-state index in [2.05, 4.69) is 9.88 Å². The van der Waals surface area contributed by atoms with Crippen molar-refractivity contribution in [1.82, 2.24) is 5.16 Å². The van der Waals surface area contributed by atoms with Crippen LogP contribution in [0.15, 0.2) is 51.3 Å². The minimum atomic E-state index is -3.71. The Morgan fingerprint density at radius 2 is 2.09 bits per heavy atom. The molecule has 0 aliphatic rings. The summed E-state index contributed by atoms with van der Waals surface area (Å²) >= 11 is 7.09. The largest absolute Gasteiger partial charge is 0.495 e. The van der Waals surface area contributed by atoms with Crippen LogP contribution in [0.2, 0.25) is 5.02 Å². The second kappa shape index (κ2) is 6.23. The number of hydrogen-bond donors (Lipinski definition) is 1. The fourth-order valence-corrected chi connectivity index (χ4v) is 4.45. The smallest absolute Gasteiger partial charge is 0.271 e. The van der Waals surface area contributed by atoms with Gasteiger partial charge in [-0.3, -0.25) is 4.72 Å². The summed E-state index contributed by atoms with van der Waals surface area (Å²) in [7, 11) is -2.23. The van der Waals surface area contributed by atoms with Crippen LogP contribution in [0.25, 0.3) is 10.6 Å². The highest BCUT2D eigenvalue weighted by Crippen LogP contribution is 2.32. The Labute approximate surface area is 141 Å². The second-order valence-corrected chi connectivity index (χ2v) is 7.85. The molecule has 2 heterocycles.